The topological polar surface area (TPSA) is 69.8 Å². The molecule has 0 amide bonds. The van der Waals surface area contributed by atoms with E-state index in [-0.39, 0.29) is 0 Å². The standard InChI is InChI=1S/C20H27N7/c1-4-21-20(22-13-16-9-5-6-10-17(16)15-26(2)3)23-14-19-25-24-18-11-7-8-12-27(18)19/h5-12H,4,13-15H2,1-3H3,(H2,21,22,23). The van der Waals surface area contributed by atoms with Crippen molar-refractivity contribution in [3.05, 3.63) is 65.6 Å². The second-order valence-corrected chi connectivity index (χ2v) is 6.60. The molecule has 0 atom stereocenters. The molecule has 0 aliphatic heterocycles. The van der Waals surface area contributed by atoms with E-state index in [2.05, 4.69) is 71.0 Å². The first-order valence-electron chi connectivity index (χ1n) is 9.19. The molecular weight excluding hydrogens is 338 g/mol. The van der Waals surface area contributed by atoms with Crippen molar-refractivity contribution in [1.29, 1.82) is 0 Å². The summed E-state index contributed by atoms with van der Waals surface area (Å²) in [5, 5.41) is 15.1. The Hall–Kier alpha value is -2.93. The molecule has 3 rings (SSSR count). The number of hydrogen-bond donors (Lipinski definition) is 2. The maximum Gasteiger partial charge on any atom is 0.191 e. The van der Waals surface area contributed by atoms with Crippen LogP contribution >= 0.6 is 0 Å². The van der Waals surface area contributed by atoms with Crippen molar-refractivity contribution in [3.63, 3.8) is 0 Å². The lowest BCUT2D eigenvalue weighted by Gasteiger charge is -2.14. The van der Waals surface area contributed by atoms with E-state index in [4.69, 9.17) is 4.99 Å². The van der Waals surface area contributed by atoms with Gasteiger partial charge in [0.25, 0.3) is 0 Å². The van der Waals surface area contributed by atoms with Crippen molar-refractivity contribution in [1.82, 2.24) is 30.1 Å². The molecule has 0 unspecified atom stereocenters. The summed E-state index contributed by atoms with van der Waals surface area (Å²) in [5.74, 6) is 1.62. The third-order valence-corrected chi connectivity index (χ3v) is 4.15. The molecule has 2 N–H and O–H groups in total. The lowest BCUT2D eigenvalue weighted by atomic mass is 10.1. The lowest BCUT2D eigenvalue weighted by Crippen LogP contribution is -2.37. The van der Waals surface area contributed by atoms with Crippen LogP contribution in [0.3, 0.4) is 0 Å². The molecule has 2 aromatic heterocycles. The van der Waals surface area contributed by atoms with Crippen LogP contribution in [0.4, 0.5) is 0 Å². The zero-order valence-electron chi connectivity index (χ0n) is 16.2. The second kappa shape index (κ2) is 9.14. The molecule has 1 aromatic carbocycles. The number of benzene rings is 1. The minimum atomic E-state index is 0.552. The molecule has 27 heavy (non-hydrogen) atoms. The first kappa shape index (κ1) is 18.8. The minimum Gasteiger partial charge on any atom is -0.357 e. The Bertz CT molecular complexity index is 898. The van der Waals surface area contributed by atoms with Gasteiger partial charge in [0.15, 0.2) is 17.4 Å². The lowest BCUT2D eigenvalue weighted by molar-refractivity contribution is 0.401. The number of aromatic nitrogens is 3. The van der Waals surface area contributed by atoms with Crippen LogP contribution in [0.15, 0.2) is 53.7 Å². The highest BCUT2D eigenvalue weighted by Crippen LogP contribution is 2.11. The van der Waals surface area contributed by atoms with E-state index >= 15 is 0 Å². The summed E-state index contributed by atoms with van der Waals surface area (Å²) < 4.78 is 1.98. The largest absolute Gasteiger partial charge is 0.357 e. The van der Waals surface area contributed by atoms with Gasteiger partial charge < -0.3 is 15.5 Å². The zero-order chi connectivity index (χ0) is 19.1. The molecule has 0 aliphatic rings. The van der Waals surface area contributed by atoms with E-state index in [0.717, 1.165) is 30.5 Å². The number of aliphatic imine (C=N–C) groups is 1. The highest BCUT2D eigenvalue weighted by atomic mass is 15.3. The van der Waals surface area contributed by atoms with E-state index in [0.29, 0.717) is 13.1 Å². The third kappa shape index (κ3) is 5.04. The number of pyridine rings is 1. The molecule has 0 radical (unpaired) electrons. The predicted molar refractivity (Wildman–Crippen MR) is 108 cm³/mol. The van der Waals surface area contributed by atoms with Gasteiger partial charge in [0.2, 0.25) is 0 Å². The van der Waals surface area contributed by atoms with E-state index in [1.807, 2.05) is 28.8 Å². The molecule has 0 fully saturated rings. The Morgan fingerprint density at radius 2 is 1.81 bits per heavy atom. The van der Waals surface area contributed by atoms with Crippen LogP contribution in [0.1, 0.15) is 23.9 Å². The molecule has 0 saturated heterocycles. The van der Waals surface area contributed by atoms with Gasteiger partial charge in [-0.05, 0) is 44.3 Å². The van der Waals surface area contributed by atoms with Crippen molar-refractivity contribution in [2.75, 3.05) is 20.6 Å². The molecule has 0 saturated carbocycles. The number of guanidine groups is 1. The summed E-state index contributed by atoms with van der Waals surface area (Å²) in [6, 6.07) is 14.3. The number of fused-ring (bicyclic) bond motifs is 1. The highest BCUT2D eigenvalue weighted by Gasteiger charge is 2.07. The Balaban J connectivity index is 1.70. The normalized spacial score (nSPS) is 11.9. The van der Waals surface area contributed by atoms with Gasteiger partial charge in [-0.2, -0.15) is 0 Å². The van der Waals surface area contributed by atoms with E-state index in [9.17, 15) is 0 Å². The average Bonchev–Trinajstić information content (AvgIpc) is 3.08. The first-order chi connectivity index (χ1) is 13.2. The van der Waals surface area contributed by atoms with Crippen molar-refractivity contribution in [2.45, 2.75) is 26.6 Å². The van der Waals surface area contributed by atoms with Gasteiger partial charge in [0.1, 0.15) is 0 Å². The minimum absolute atomic E-state index is 0.552. The van der Waals surface area contributed by atoms with Crippen molar-refractivity contribution in [3.8, 4) is 0 Å². The monoisotopic (exact) mass is 365 g/mol. The molecule has 0 bridgehead atoms. The predicted octanol–water partition coefficient (Wildman–Crippen LogP) is 2.05. The quantitative estimate of drug-likeness (QED) is 0.495. The summed E-state index contributed by atoms with van der Waals surface area (Å²) in [6.45, 7) is 4.94. The van der Waals surface area contributed by atoms with E-state index in [1.54, 1.807) is 0 Å². The van der Waals surface area contributed by atoms with Crippen LogP contribution in [-0.2, 0) is 19.6 Å². The summed E-state index contributed by atoms with van der Waals surface area (Å²) in [7, 11) is 4.16. The van der Waals surface area contributed by atoms with Gasteiger partial charge in [0, 0.05) is 19.3 Å². The SMILES string of the molecule is CCNC(=NCc1ccccc1CN(C)C)NCc1nnc2ccccn12. The zero-order valence-corrected chi connectivity index (χ0v) is 16.2. The molecule has 2 heterocycles. The van der Waals surface area contributed by atoms with Gasteiger partial charge in [-0.1, -0.05) is 30.3 Å². The van der Waals surface area contributed by atoms with E-state index < -0.39 is 0 Å². The average molecular weight is 365 g/mol. The van der Waals surface area contributed by atoms with Crippen LogP contribution < -0.4 is 10.6 Å². The Morgan fingerprint density at radius 1 is 1.04 bits per heavy atom. The number of nitrogens with one attached hydrogen (secondary N) is 2. The fourth-order valence-electron chi connectivity index (χ4n) is 2.89. The van der Waals surface area contributed by atoms with Crippen LogP contribution in [0.5, 0.6) is 0 Å². The Morgan fingerprint density at radius 3 is 2.59 bits per heavy atom. The van der Waals surface area contributed by atoms with Crippen LogP contribution in [0, 0.1) is 0 Å². The summed E-state index contributed by atoms with van der Waals surface area (Å²) in [6.07, 6.45) is 1.97. The summed E-state index contributed by atoms with van der Waals surface area (Å²) in [4.78, 5) is 6.92. The fraction of sp³-hybridized carbons (Fsp3) is 0.350. The second-order valence-electron chi connectivity index (χ2n) is 6.60. The maximum atomic E-state index is 4.75. The molecule has 7 heteroatoms. The van der Waals surface area contributed by atoms with Crippen LogP contribution in [-0.4, -0.2) is 46.1 Å². The van der Waals surface area contributed by atoms with Crippen molar-refractivity contribution < 1.29 is 0 Å². The first-order valence-corrected chi connectivity index (χ1v) is 9.19. The van der Waals surface area contributed by atoms with Gasteiger partial charge in [-0.25, -0.2) is 4.99 Å². The highest BCUT2D eigenvalue weighted by molar-refractivity contribution is 5.79. The van der Waals surface area contributed by atoms with Crippen molar-refractivity contribution >= 4 is 11.6 Å². The Labute approximate surface area is 160 Å². The van der Waals surface area contributed by atoms with Crippen LogP contribution in [0.25, 0.3) is 5.65 Å². The van der Waals surface area contributed by atoms with Gasteiger partial charge >= 0.3 is 0 Å². The number of nitrogens with zero attached hydrogens (tertiary/aromatic N) is 5. The van der Waals surface area contributed by atoms with E-state index in [1.165, 1.54) is 11.1 Å². The Kier molecular flexibility index (Phi) is 6.38. The van der Waals surface area contributed by atoms with Gasteiger partial charge in [-0.3, -0.25) is 4.40 Å². The van der Waals surface area contributed by atoms with Crippen molar-refractivity contribution in [2.24, 2.45) is 4.99 Å². The smallest absolute Gasteiger partial charge is 0.191 e. The molecule has 3 aromatic rings. The third-order valence-electron chi connectivity index (χ3n) is 4.15. The molecule has 0 aliphatic carbocycles. The molecule has 7 nitrogen and oxygen atoms in total. The molecule has 0 spiro atoms. The fourth-order valence-corrected chi connectivity index (χ4v) is 2.89. The molecular formula is C20H27N7. The van der Waals surface area contributed by atoms with Gasteiger partial charge in [0.05, 0.1) is 13.1 Å². The van der Waals surface area contributed by atoms with Gasteiger partial charge in [-0.15, -0.1) is 10.2 Å². The maximum absolute atomic E-state index is 4.75. The summed E-state index contributed by atoms with van der Waals surface area (Å²) in [5.41, 5.74) is 3.37. The van der Waals surface area contributed by atoms with Crippen LogP contribution in [0.2, 0.25) is 0 Å². The summed E-state index contributed by atoms with van der Waals surface area (Å²) >= 11 is 0. The molecule has 142 valence electrons. The number of rotatable bonds is 7. The number of hydrogen-bond acceptors (Lipinski definition) is 4.